The molecule has 0 aliphatic carbocycles. The number of rotatable bonds is 2. The van der Waals surface area contributed by atoms with Crippen LogP contribution in [0.15, 0.2) is 23.1 Å². The summed E-state index contributed by atoms with van der Waals surface area (Å²) in [5, 5.41) is 0. The third-order valence-electron chi connectivity index (χ3n) is 3.49. The van der Waals surface area contributed by atoms with Gasteiger partial charge in [0.05, 0.1) is 0 Å². The van der Waals surface area contributed by atoms with Crippen LogP contribution >= 0.6 is 12.6 Å². The largest absolute Gasteiger partial charge is 0.444 e. The van der Waals surface area contributed by atoms with Crippen molar-refractivity contribution in [3.63, 3.8) is 0 Å². The Morgan fingerprint density at radius 1 is 1.23 bits per heavy atom. The van der Waals surface area contributed by atoms with Crippen LogP contribution in [0.2, 0.25) is 0 Å². The van der Waals surface area contributed by atoms with Crippen molar-refractivity contribution in [3.8, 4) is 0 Å². The number of nitrogens with zero attached hydrogens (tertiary/aromatic N) is 2. The lowest BCUT2D eigenvalue weighted by atomic mass is 10.1. The first-order valence-electron chi connectivity index (χ1n) is 7.54. The highest BCUT2D eigenvalue weighted by molar-refractivity contribution is 7.80. The van der Waals surface area contributed by atoms with E-state index in [1.165, 1.54) is 0 Å². The van der Waals surface area contributed by atoms with Crippen molar-refractivity contribution in [2.75, 3.05) is 31.1 Å². The second kappa shape index (κ2) is 6.79. The van der Waals surface area contributed by atoms with Crippen molar-refractivity contribution >= 4 is 24.4 Å². The van der Waals surface area contributed by atoms with Crippen LogP contribution in [0.25, 0.3) is 0 Å². The minimum atomic E-state index is -0.454. The van der Waals surface area contributed by atoms with E-state index in [0.29, 0.717) is 19.6 Å². The Morgan fingerprint density at radius 2 is 1.86 bits per heavy atom. The van der Waals surface area contributed by atoms with Crippen molar-refractivity contribution in [1.29, 1.82) is 0 Å². The minimum Gasteiger partial charge on any atom is -0.444 e. The Labute approximate surface area is 137 Å². The highest BCUT2D eigenvalue weighted by Gasteiger charge is 2.26. The molecule has 1 amide bonds. The molecule has 2 N–H and O–H groups in total. The predicted molar refractivity (Wildman–Crippen MR) is 91.6 cm³/mol. The van der Waals surface area contributed by atoms with Gasteiger partial charge in [-0.2, -0.15) is 0 Å². The fraction of sp³-hybridized carbons (Fsp3) is 0.562. The lowest BCUT2D eigenvalue weighted by molar-refractivity contribution is 0.0240. The maximum absolute atomic E-state index is 12.1. The van der Waals surface area contributed by atoms with E-state index in [1.807, 2.05) is 32.9 Å². The van der Waals surface area contributed by atoms with E-state index < -0.39 is 5.60 Å². The molecule has 0 atom stereocenters. The molecule has 5 nitrogen and oxygen atoms in total. The van der Waals surface area contributed by atoms with Gasteiger partial charge >= 0.3 is 6.09 Å². The molecule has 0 spiro atoms. The van der Waals surface area contributed by atoms with Crippen molar-refractivity contribution in [3.05, 3.63) is 23.8 Å². The zero-order valence-corrected chi connectivity index (χ0v) is 14.4. The number of piperazine rings is 1. The summed E-state index contributed by atoms with van der Waals surface area (Å²) in [6.07, 6.45) is -0.238. The normalized spacial score (nSPS) is 15.9. The number of amides is 1. The van der Waals surface area contributed by atoms with Crippen molar-refractivity contribution in [2.24, 2.45) is 5.73 Å². The monoisotopic (exact) mass is 323 g/mol. The van der Waals surface area contributed by atoms with Gasteiger partial charge in [0.25, 0.3) is 0 Å². The van der Waals surface area contributed by atoms with Gasteiger partial charge in [0.1, 0.15) is 5.60 Å². The van der Waals surface area contributed by atoms with Crippen LogP contribution in [-0.4, -0.2) is 42.8 Å². The van der Waals surface area contributed by atoms with E-state index in [4.69, 9.17) is 10.5 Å². The number of hydrogen-bond acceptors (Lipinski definition) is 5. The highest BCUT2D eigenvalue weighted by Crippen LogP contribution is 2.23. The summed E-state index contributed by atoms with van der Waals surface area (Å²) in [5.41, 5.74) is 7.44. The quantitative estimate of drug-likeness (QED) is 0.821. The van der Waals surface area contributed by atoms with E-state index >= 15 is 0 Å². The van der Waals surface area contributed by atoms with E-state index in [0.717, 1.165) is 29.2 Å². The molecule has 122 valence electrons. The number of benzene rings is 1. The first-order valence-corrected chi connectivity index (χ1v) is 7.99. The van der Waals surface area contributed by atoms with Gasteiger partial charge in [-0.3, -0.25) is 0 Å². The molecular weight excluding hydrogens is 298 g/mol. The number of carbonyl (C=O) groups is 1. The molecule has 0 bridgehead atoms. The highest BCUT2D eigenvalue weighted by atomic mass is 32.1. The molecule has 1 aromatic carbocycles. The van der Waals surface area contributed by atoms with Gasteiger partial charge in [-0.1, -0.05) is 0 Å². The van der Waals surface area contributed by atoms with Crippen molar-refractivity contribution in [2.45, 2.75) is 37.8 Å². The molecule has 6 heteroatoms. The minimum absolute atomic E-state index is 0.238. The lowest BCUT2D eigenvalue weighted by Gasteiger charge is -2.37. The van der Waals surface area contributed by atoms with Crippen LogP contribution in [0.1, 0.15) is 26.3 Å². The summed E-state index contributed by atoms with van der Waals surface area (Å²) in [4.78, 5) is 17.0. The number of thiol groups is 1. The van der Waals surface area contributed by atoms with Gasteiger partial charge in [-0.05, 0) is 44.5 Å². The topological polar surface area (TPSA) is 58.8 Å². The molecule has 0 unspecified atom stereocenters. The molecule has 1 aliphatic rings. The predicted octanol–water partition coefficient (Wildman–Crippen LogP) is 2.49. The molecule has 22 heavy (non-hydrogen) atoms. The molecule has 0 radical (unpaired) electrons. The number of ether oxygens (including phenoxy) is 1. The number of nitrogens with two attached hydrogens (primary N) is 1. The van der Waals surface area contributed by atoms with Gasteiger partial charge in [0.15, 0.2) is 0 Å². The summed E-state index contributed by atoms with van der Waals surface area (Å²) >= 11 is 4.43. The van der Waals surface area contributed by atoms with Gasteiger partial charge in [0.2, 0.25) is 0 Å². The standard InChI is InChI=1S/C16H25N3O2S/c1-16(2,3)21-15(20)19-6-4-18(5-7-19)13-8-12(11-17)9-14(22)10-13/h8-10,22H,4-7,11,17H2,1-3H3. The SMILES string of the molecule is CC(C)(C)OC(=O)N1CCN(c2cc(S)cc(CN)c2)CC1. The lowest BCUT2D eigenvalue weighted by Crippen LogP contribution is -2.50. The van der Waals surface area contributed by atoms with E-state index in [2.05, 4.69) is 23.6 Å². The van der Waals surface area contributed by atoms with Gasteiger partial charge < -0.3 is 20.3 Å². The molecule has 0 aromatic heterocycles. The van der Waals surface area contributed by atoms with Crippen LogP contribution < -0.4 is 10.6 Å². The zero-order chi connectivity index (χ0) is 16.3. The van der Waals surface area contributed by atoms with Gasteiger partial charge in [0, 0.05) is 43.3 Å². The average Bonchev–Trinajstić information content (AvgIpc) is 2.45. The Morgan fingerprint density at radius 3 is 2.41 bits per heavy atom. The van der Waals surface area contributed by atoms with Gasteiger partial charge in [-0.15, -0.1) is 12.6 Å². The fourth-order valence-electron chi connectivity index (χ4n) is 2.43. The van der Waals surface area contributed by atoms with Gasteiger partial charge in [-0.25, -0.2) is 4.79 Å². The van der Waals surface area contributed by atoms with Crippen LogP contribution in [0.5, 0.6) is 0 Å². The summed E-state index contributed by atoms with van der Waals surface area (Å²) in [7, 11) is 0. The van der Waals surface area contributed by atoms with Crippen LogP contribution in [0.4, 0.5) is 10.5 Å². The first-order chi connectivity index (χ1) is 10.3. The van der Waals surface area contributed by atoms with E-state index in [-0.39, 0.29) is 6.09 Å². The molecule has 1 fully saturated rings. The third-order valence-corrected chi connectivity index (χ3v) is 3.75. The maximum Gasteiger partial charge on any atom is 0.410 e. The molecule has 1 aromatic rings. The summed E-state index contributed by atoms with van der Waals surface area (Å²) in [5.74, 6) is 0. The second-order valence-electron chi connectivity index (χ2n) is 6.52. The smallest absolute Gasteiger partial charge is 0.410 e. The Bertz CT molecular complexity index is 535. The van der Waals surface area contributed by atoms with Crippen LogP contribution in [0.3, 0.4) is 0 Å². The zero-order valence-electron chi connectivity index (χ0n) is 13.5. The number of carbonyl (C=O) groups excluding carboxylic acids is 1. The fourth-order valence-corrected chi connectivity index (χ4v) is 2.73. The first kappa shape index (κ1) is 17.0. The number of hydrogen-bond donors (Lipinski definition) is 2. The molecule has 1 saturated heterocycles. The van der Waals surface area contributed by atoms with Crippen LogP contribution in [-0.2, 0) is 11.3 Å². The average molecular weight is 323 g/mol. The summed E-state index contributed by atoms with van der Waals surface area (Å²) in [6.45, 7) is 9.02. The Hall–Kier alpha value is -1.40. The van der Waals surface area contributed by atoms with E-state index in [1.54, 1.807) is 4.90 Å². The van der Waals surface area contributed by atoms with Crippen LogP contribution in [0, 0.1) is 0 Å². The molecule has 1 heterocycles. The summed E-state index contributed by atoms with van der Waals surface area (Å²) in [6, 6.07) is 6.10. The third kappa shape index (κ3) is 4.55. The second-order valence-corrected chi connectivity index (χ2v) is 7.03. The van der Waals surface area contributed by atoms with E-state index in [9.17, 15) is 4.79 Å². The Balaban J connectivity index is 1.97. The van der Waals surface area contributed by atoms with Crippen molar-refractivity contribution in [1.82, 2.24) is 4.90 Å². The maximum atomic E-state index is 12.1. The Kier molecular flexibility index (Phi) is 5.24. The van der Waals surface area contributed by atoms with Crippen molar-refractivity contribution < 1.29 is 9.53 Å². The number of anilines is 1. The summed E-state index contributed by atoms with van der Waals surface area (Å²) < 4.78 is 5.41. The molecular formula is C16H25N3O2S. The molecule has 0 saturated carbocycles. The molecule has 2 rings (SSSR count). The molecule has 1 aliphatic heterocycles.